The van der Waals surface area contributed by atoms with Crippen molar-refractivity contribution in [3.05, 3.63) is 0 Å². The third kappa shape index (κ3) is 3.89. The predicted octanol–water partition coefficient (Wildman–Crippen LogP) is 7.52. The fourth-order valence-electron chi connectivity index (χ4n) is 10.2. The van der Waals surface area contributed by atoms with Crippen molar-refractivity contribution in [2.75, 3.05) is 0 Å². The van der Waals surface area contributed by atoms with E-state index in [-0.39, 0.29) is 30.3 Å². The molecule has 34 heavy (non-hydrogen) atoms. The summed E-state index contributed by atoms with van der Waals surface area (Å²) < 4.78 is 40.8. The molecular weight excluding hydrogens is 437 g/mol. The van der Waals surface area contributed by atoms with Gasteiger partial charge in [-0.25, -0.2) is 0 Å². The monoisotopic (exact) mass is 484 g/mol. The minimum Gasteiger partial charge on any atom is -0.393 e. The van der Waals surface area contributed by atoms with E-state index < -0.39 is 11.8 Å². The highest BCUT2D eigenvalue weighted by molar-refractivity contribution is 5.11. The Balaban J connectivity index is 1.26. The summed E-state index contributed by atoms with van der Waals surface area (Å²) in [5.74, 6) is 3.70. The molecule has 0 heterocycles. The van der Waals surface area contributed by atoms with Crippen molar-refractivity contribution in [1.29, 1.82) is 0 Å². The van der Waals surface area contributed by atoms with E-state index >= 15 is 0 Å². The van der Waals surface area contributed by atoms with Gasteiger partial charge in [-0.1, -0.05) is 27.2 Å². The van der Waals surface area contributed by atoms with E-state index in [0.717, 1.165) is 32.1 Å². The van der Waals surface area contributed by atoms with E-state index in [9.17, 15) is 23.4 Å². The standard InChI is InChI=1S/C29H47F3O2/c1-18(7-12-25(33)19-5-4-6-19)22-10-11-23-21-9-8-20-17-28(34,29(30,31)32)16-15-26(20,2)24(21)13-14-27(22,23)3/h18-25,33-34H,4-17H2,1-3H3/t18-,20+,21+,22-,23+,24+,25+,26+,27-,28+/m1/s1. The van der Waals surface area contributed by atoms with Crippen LogP contribution in [0.5, 0.6) is 0 Å². The van der Waals surface area contributed by atoms with Crippen molar-refractivity contribution in [3.63, 3.8) is 0 Å². The number of fused-ring (bicyclic) bond motifs is 5. The number of halogens is 3. The molecule has 0 saturated heterocycles. The molecule has 0 radical (unpaired) electrons. The van der Waals surface area contributed by atoms with Crippen LogP contribution >= 0.6 is 0 Å². The van der Waals surface area contributed by atoms with Crippen LogP contribution in [0.2, 0.25) is 0 Å². The second-order valence-electron chi connectivity index (χ2n) is 13.9. The second-order valence-corrected chi connectivity index (χ2v) is 13.9. The summed E-state index contributed by atoms with van der Waals surface area (Å²) >= 11 is 0. The van der Waals surface area contributed by atoms with Crippen LogP contribution in [0, 0.1) is 52.3 Å². The van der Waals surface area contributed by atoms with E-state index in [1.54, 1.807) is 0 Å². The smallest absolute Gasteiger partial charge is 0.393 e. The van der Waals surface area contributed by atoms with Crippen molar-refractivity contribution in [1.82, 2.24) is 0 Å². The van der Waals surface area contributed by atoms with Gasteiger partial charge in [0.15, 0.2) is 5.60 Å². The zero-order valence-electron chi connectivity index (χ0n) is 21.5. The molecule has 2 N–H and O–H groups in total. The van der Waals surface area contributed by atoms with Gasteiger partial charge >= 0.3 is 6.18 Å². The Kier molecular flexibility index (Phi) is 6.44. The van der Waals surface area contributed by atoms with Crippen LogP contribution in [0.25, 0.3) is 0 Å². The minimum atomic E-state index is -4.52. The molecule has 5 aliphatic carbocycles. The molecular formula is C29H47F3O2. The first kappa shape index (κ1) is 25.4. The average Bonchev–Trinajstić information content (AvgIpc) is 3.08. The first-order chi connectivity index (χ1) is 15.9. The molecule has 0 aromatic carbocycles. The lowest BCUT2D eigenvalue weighted by atomic mass is 9.43. The SMILES string of the molecule is C[C@H](CC[C@H](O)C1CCC1)[C@H]1CC[C@H]2[C@@H]3CC[C@H]4C[C@](O)(C(F)(F)F)CC[C@]4(C)[C@H]3CC[C@]12C. The van der Waals surface area contributed by atoms with Crippen molar-refractivity contribution in [2.24, 2.45) is 52.3 Å². The van der Waals surface area contributed by atoms with Gasteiger partial charge in [0.1, 0.15) is 0 Å². The molecule has 5 aliphatic rings. The summed E-state index contributed by atoms with van der Waals surface area (Å²) in [4.78, 5) is 0. The number of hydrogen-bond acceptors (Lipinski definition) is 2. The number of rotatable bonds is 5. The summed E-state index contributed by atoms with van der Waals surface area (Å²) in [6.45, 7) is 7.21. The maximum Gasteiger partial charge on any atom is 0.417 e. The van der Waals surface area contributed by atoms with Gasteiger partial charge in [0, 0.05) is 0 Å². The molecule has 10 atom stereocenters. The normalized spacial score (nSPS) is 48.9. The number of aliphatic hydroxyl groups is 2. The molecule has 5 heteroatoms. The predicted molar refractivity (Wildman–Crippen MR) is 128 cm³/mol. The van der Waals surface area contributed by atoms with Crippen LogP contribution in [-0.4, -0.2) is 28.1 Å². The van der Waals surface area contributed by atoms with Crippen LogP contribution in [0.3, 0.4) is 0 Å². The zero-order valence-corrected chi connectivity index (χ0v) is 21.5. The van der Waals surface area contributed by atoms with Crippen LogP contribution in [0.4, 0.5) is 13.2 Å². The van der Waals surface area contributed by atoms with E-state index in [2.05, 4.69) is 20.8 Å². The van der Waals surface area contributed by atoms with Gasteiger partial charge < -0.3 is 10.2 Å². The summed E-state index contributed by atoms with van der Waals surface area (Å²) in [5.41, 5.74) is -2.20. The third-order valence-corrected chi connectivity index (χ3v) is 12.6. The third-order valence-electron chi connectivity index (χ3n) is 12.6. The first-order valence-corrected chi connectivity index (χ1v) is 14.4. The lowest BCUT2D eigenvalue weighted by Gasteiger charge is -2.62. The van der Waals surface area contributed by atoms with E-state index in [4.69, 9.17) is 0 Å². The van der Waals surface area contributed by atoms with Gasteiger partial charge in [-0.3, -0.25) is 0 Å². The Bertz CT molecular complexity index is 750. The Morgan fingerprint density at radius 1 is 0.853 bits per heavy atom. The maximum absolute atomic E-state index is 13.6. The number of aliphatic hydroxyl groups excluding tert-OH is 1. The van der Waals surface area contributed by atoms with E-state index in [1.807, 2.05) is 0 Å². The highest BCUT2D eigenvalue weighted by Gasteiger charge is 2.65. The van der Waals surface area contributed by atoms with Gasteiger partial charge in [-0.05, 0) is 136 Å². The average molecular weight is 485 g/mol. The van der Waals surface area contributed by atoms with Crippen molar-refractivity contribution in [3.8, 4) is 0 Å². The molecule has 0 aliphatic heterocycles. The fraction of sp³-hybridized carbons (Fsp3) is 1.00. The summed E-state index contributed by atoms with van der Waals surface area (Å²) in [7, 11) is 0. The summed E-state index contributed by atoms with van der Waals surface area (Å²) in [5, 5.41) is 21.0. The molecule has 0 unspecified atom stereocenters. The van der Waals surface area contributed by atoms with Gasteiger partial charge in [-0.15, -0.1) is 0 Å². The highest BCUT2D eigenvalue weighted by Crippen LogP contribution is 2.69. The molecule has 0 amide bonds. The highest BCUT2D eigenvalue weighted by atomic mass is 19.4. The zero-order chi connectivity index (χ0) is 24.5. The van der Waals surface area contributed by atoms with Crippen LogP contribution in [0.15, 0.2) is 0 Å². The number of hydrogen-bond donors (Lipinski definition) is 2. The summed E-state index contributed by atoms with van der Waals surface area (Å²) in [6.07, 6.45) is 8.16. The Morgan fingerprint density at radius 2 is 1.56 bits per heavy atom. The minimum absolute atomic E-state index is 0.0115. The maximum atomic E-state index is 13.6. The molecule has 0 bridgehead atoms. The van der Waals surface area contributed by atoms with Gasteiger partial charge in [0.05, 0.1) is 6.10 Å². The van der Waals surface area contributed by atoms with Crippen LogP contribution < -0.4 is 0 Å². The summed E-state index contributed by atoms with van der Waals surface area (Å²) in [6, 6.07) is 0. The molecule has 5 rings (SSSR count). The lowest BCUT2D eigenvalue weighted by Crippen LogP contribution is -2.59. The topological polar surface area (TPSA) is 40.5 Å². The van der Waals surface area contributed by atoms with Crippen molar-refractivity contribution >= 4 is 0 Å². The Morgan fingerprint density at radius 3 is 2.21 bits per heavy atom. The lowest BCUT2D eigenvalue weighted by molar-refractivity contribution is -0.290. The molecule has 0 aromatic heterocycles. The van der Waals surface area contributed by atoms with Crippen LogP contribution in [-0.2, 0) is 0 Å². The van der Waals surface area contributed by atoms with E-state index in [0.29, 0.717) is 47.3 Å². The van der Waals surface area contributed by atoms with Crippen LogP contribution in [0.1, 0.15) is 111 Å². The van der Waals surface area contributed by atoms with Gasteiger partial charge in [-0.2, -0.15) is 13.2 Å². The molecule has 0 aromatic rings. The first-order valence-electron chi connectivity index (χ1n) is 14.4. The molecule has 2 nitrogen and oxygen atoms in total. The van der Waals surface area contributed by atoms with Crippen molar-refractivity contribution < 1.29 is 23.4 Å². The molecule has 5 fully saturated rings. The molecule has 196 valence electrons. The molecule has 5 saturated carbocycles. The Hall–Kier alpha value is -0.290. The largest absolute Gasteiger partial charge is 0.417 e. The van der Waals surface area contributed by atoms with Gasteiger partial charge in [0.25, 0.3) is 0 Å². The Labute approximate surface area is 204 Å². The molecule has 0 spiro atoms. The van der Waals surface area contributed by atoms with Crippen molar-refractivity contribution in [2.45, 2.75) is 129 Å². The van der Waals surface area contributed by atoms with Gasteiger partial charge in [0.2, 0.25) is 0 Å². The number of alkyl halides is 3. The quantitative estimate of drug-likeness (QED) is 0.424. The fourth-order valence-corrected chi connectivity index (χ4v) is 10.2. The van der Waals surface area contributed by atoms with E-state index in [1.165, 1.54) is 38.5 Å². The second kappa shape index (κ2) is 8.64.